The first-order valence-corrected chi connectivity index (χ1v) is 9.03. The number of nitrogens with zero attached hydrogens (tertiary/aromatic N) is 4. The third-order valence-corrected chi connectivity index (χ3v) is 4.60. The number of nitrogens with one attached hydrogen (secondary N) is 2. The lowest BCUT2D eigenvalue weighted by Crippen LogP contribution is -2.40. The van der Waals surface area contributed by atoms with Crippen molar-refractivity contribution in [2.45, 2.75) is 32.3 Å². The Hall–Kier alpha value is -2.45. The maximum Gasteiger partial charge on any atom is 0.319 e. The van der Waals surface area contributed by atoms with Crippen LogP contribution >= 0.6 is 0 Å². The number of carbonyl (C=O) groups excluding carboxylic acids is 1. The Bertz CT molecular complexity index is 718. The minimum atomic E-state index is -0.215. The van der Waals surface area contributed by atoms with Crippen LogP contribution < -0.4 is 10.6 Å². The third kappa shape index (κ3) is 5.03. The van der Waals surface area contributed by atoms with Crippen molar-refractivity contribution in [1.82, 2.24) is 25.0 Å². The maximum atomic E-state index is 12.2. The van der Waals surface area contributed by atoms with Gasteiger partial charge in [-0.2, -0.15) is 0 Å². The van der Waals surface area contributed by atoms with Gasteiger partial charge in [-0.3, -0.25) is 4.57 Å². The number of rotatable bonds is 6. The molecule has 2 heterocycles. The Labute approximate surface area is 153 Å². The molecule has 0 radical (unpaired) electrons. The van der Waals surface area contributed by atoms with Crippen LogP contribution in [0.3, 0.4) is 0 Å². The van der Waals surface area contributed by atoms with Crippen LogP contribution in [-0.2, 0) is 0 Å². The molecule has 1 aromatic heterocycles. The number of aromatic nitrogens is 3. The fraction of sp³-hybridized carbons (Fsp3) is 0.500. The van der Waals surface area contributed by atoms with Gasteiger partial charge in [0.2, 0.25) is 0 Å². The smallest absolute Gasteiger partial charge is 0.319 e. The lowest BCUT2D eigenvalue weighted by molar-refractivity contribution is 0.0703. The van der Waals surface area contributed by atoms with Gasteiger partial charge in [0.05, 0.1) is 11.8 Å². The van der Waals surface area contributed by atoms with Crippen LogP contribution in [0.15, 0.2) is 30.9 Å². The Kier molecular flexibility index (Phi) is 6.19. The molecule has 0 spiro atoms. The molecule has 2 aromatic rings. The van der Waals surface area contributed by atoms with E-state index in [-0.39, 0.29) is 12.1 Å². The first kappa shape index (κ1) is 18.3. The number of carbonyl (C=O) groups is 1. The number of likely N-dealkylation sites (tertiary alicyclic amines) is 1. The zero-order valence-corrected chi connectivity index (χ0v) is 15.1. The molecule has 0 bridgehead atoms. The van der Waals surface area contributed by atoms with E-state index >= 15 is 0 Å². The summed E-state index contributed by atoms with van der Waals surface area (Å²) in [5.74, 6) is 0. The van der Waals surface area contributed by atoms with Crippen LogP contribution in [0.5, 0.6) is 0 Å². The number of urea groups is 1. The second kappa shape index (κ2) is 8.77. The highest BCUT2D eigenvalue weighted by Crippen LogP contribution is 2.19. The standard InChI is InChI=1S/C18H26N6O2/c1-14-5-6-15(24-12-20-21-13-24)10-17(14)22-18(26)19-7-3-9-23-8-2-4-16(25)11-23/h5-6,10,12-13,16,25H,2-4,7-9,11H2,1H3,(H2,19,22,26). The predicted octanol–water partition coefficient (Wildman–Crippen LogP) is 1.54. The number of aliphatic hydroxyl groups is 1. The molecular weight excluding hydrogens is 332 g/mol. The van der Waals surface area contributed by atoms with Gasteiger partial charge in [0.25, 0.3) is 0 Å². The predicted molar refractivity (Wildman–Crippen MR) is 99.4 cm³/mol. The van der Waals surface area contributed by atoms with Crippen molar-refractivity contribution in [3.63, 3.8) is 0 Å². The number of hydrogen-bond acceptors (Lipinski definition) is 5. The number of piperidine rings is 1. The van der Waals surface area contributed by atoms with Crippen molar-refractivity contribution < 1.29 is 9.90 Å². The van der Waals surface area contributed by atoms with Gasteiger partial charge in [-0.05, 0) is 57.0 Å². The molecule has 8 heteroatoms. The van der Waals surface area contributed by atoms with Gasteiger partial charge >= 0.3 is 6.03 Å². The fourth-order valence-electron chi connectivity index (χ4n) is 3.14. The molecule has 0 saturated carbocycles. The van der Waals surface area contributed by atoms with Crippen LogP contribution in [0.2, 0.25) is 0 Å². The number of aliphatic hydroxyl groups excluding tert-OH is 1. The molecule has 1 unspecified atom stereocenters. The molecule has 1 aromatic carbocycles. The number of β-amino-alcohol motifs (C(OH)–C–C–N with tert-alkyl or cyclic N) is 1. The van der Waals surface area contributed by atoms with E-state index in [1.807, 2.05) is 25.1 Å². The van der Waals surface area contributed by atoms with Gasteiger partial charge in [-0.25, -0.2) is 4.79 Å². The molecule has 8 nitrogen and oxygen atoms in total. The van der Waals surface area contributed by atoms with Gasteiger partial charge < -0.3 is 20.6 Å². The summed E-state index contributed by atoms with van der Waals surface area (Å²) in [6.45, 7) is 5.20. The first-order valence-electron chi connectivity index (χ1n) is 9.03. The van der Waals surface area contributed by atoms with E-state index in [0.717, 1.165) is 55.8 Å². The fourth-order valence-corrected chi connectivity index (χ4v) is 3.14. The van der Waals surface area contributed by atoms with Crippen LogP contribution in [0.1, 0.15) is 24.8 Å². The van der Waals surface area contributed by atoms with E-state index in [2.05, 4.69) is 25.7 Å². The van der Waals surface area contributed by atoms with E-state index in [0.29, 0.717) is 6.54 Å². The molecule has 2 amide bonds. The lowest BCUT2D eigenvalue weighted by Gasteiger charge is -2.29. The summed E-state index contributed by atoms with van der Waals surface area (Å²) in [4.78, 5) is 14.4. The van der Waals surface area contributed by atoms with Gasteiger partial charge in [-0.15, -0.1) is 10.2 Å². The van der Waals surface area contributed by atoms with Crippen LogP contribution in [-0.4, -0.2) is 63.1 Å². The van der Waals surface area contributed by atoms with Crippen molar-refractivity contribution in [3.8, 4) is 5.69 Å². The second-order valence-electron chi connectivity index (χ2n) is 6.70. The largest absolute Gasteiger partial charge is 0.392 e. The van der Waals surface area contributed by atoms with E-state index in [1.165, 1.54) is 0 Å². The summed E-state index contributed by atoms with van der Waals surface area (Å²) in [6.07, 6.45) is 5.82. The van der Waals surface area contributed by atoms with E-state index in [9.17, 15) is 9.90 Å². The summed E-state index contributed by atoms with van der Waals surface area (Å²) in [5, 5.41) is 23.1. The topological polar surface area (TPSA) is 95.3 Å². The van der Waals surface area contributed by atoms with Crippen LogP contribution in [0.4, 0.5) is 10.5 Å². The Morgan fingerprint density at radius 3 is 2.92 bits per heavy atom. The quantitative estimate of drug-likeness (QED) is 0.681. The van der Waals surface area contributed by atoms with E-state index < -0.39 is 0 Å². The van der Waals surface area contributed by atoms with Crippen molar-refractivity contribution >= 4 is 11.7 Å². The molecule has 1 fully saturated rings. The third-order valence-electron chi connectivity index (χ3n) is 4.60. The maximum absolute atomic E-state index is 12.2. The summed E-state index contributed by atoms with van der Waals surface area (Å²) >= 11 is 0. The summed E-state index contributed by atoms with van der Waals surface area (Å²) in [6, 6.07) is 5.59. The highest BCUT2D eigenvalue weighted by atomic mass is 16.3. The average Bonchev–Trinajstić information content (AvgIpc) is 3.15. The van der Waals surface area contributed by atoms with Gasteiger partial charge in [-0.1, -0.05) is 6.07 Å². The van der Waals surface area contributed by atoms with Gasteiger partial charge in [0.1, 0.15) is 12.7 Å². The molecule has 0 aliphatic carbocycles. The number of aryl methyl sites for hydroxylation is 1. The molecule has 3 rings (SSSR count). The summed E-state index contributed by atoms with van der Waals surface area (Å²) in [7, 11) is 0. The molecule has 140 valence electrons. The van der Waals surface area contributed by atoms with Crippen molar-refractivity contribution in [2.75, 3.05) is 31.5 Å². The average molecular weight is 358 g/mol. The number of hydrogen-bond donors (Lipinski definition) is 3. The molecule has 1 aliphatic rings. The SMILES string of the molecule is Cc1ccc(-n2cnnc2)cc1NC(=O)NCCCN1CCCC(O)C1. The number of amides is 2. The Morgan fingerprint density at radius 2 is 2.15 bits per heavy atom. The Morgan fingerprint density at radius 1 is 1.35 bits per heavy atom. The Balaban J connectivity index is 1.45. The summed E-state index contributed by atoms with van der Waals surface area (Å²) in [5.41, 5.74) is 2.63. The second-order valence-corrected chi connectivity index (χ2v) is 6.70. The minimum absolute atomic E-state index is 0.207. The highest BCUT2D eigenvalue weighted by molar-refractivity contribution is 5.90. The van der Waals surface area contributed by atoms with Crippen LogP contribution in [0, 0.1) is 6.92 Å². The zero-order chi connectivity index (χ0) is 18.4. The number of benzene rings is 1. The van der Waals surface area contributed by atoms with Crippen LogP contribution in [0.25, 0.3) is 5.69 Å². The normalized spacial score (nSPS) is 17.8. The highest BCUT2D eigenvalue weighted by Gasteiger charge is 2.16. The molecule has 3 N–H and O–H groups in total. The molecule has 1 aliphatic heterocycles. The lowest BCUT2D eigenvalue weighted by atomic mass is 10.1. The van der Waals surface area contributed by atoms with Crippen molar-refractivity contribution in [3.05, 3.63) is 36.4 Å². The van der Waals surface area contributed by atoms with Crippen molar-refractivity contribution in [1.29, 1.82) is 0 Å². The number of anilines is 1. The monoisotopic (exact) mass is 358 g/mol. The van der Waals surface area contributed by atoms with Gasteiger partial charge in [0, 0.05) is 18.8 Å². The van der Waals surface area contributed by atoms with E-state index in [1.54, 1.807) is 17.2 Å². The molecule has 1 saturated heterocycles. The van der Waals surface area contributed by atoms with Gasteiger partial charge in [0.15, 0.2) is 0 Å². The molecular formula is C18H26N6O2. The van der Waals surface area contributed by atoms with E-state index in [4.69, 9.17) is 0 Å². The molecule has 1 atom stereocenters. The minimum Gasteiger partial charge on any atom is -0.392 e. The van der Waals surface area contributed by atoms with Crippen molar-refractivity contribution in [2.24, 2.45) is 0 Å². The molecule has 26 heavy (non-hydrogen) atoms. The summed E-state index contributed by atoms with van der Waals surface area (Å²) < 4.78 is 1.79. The zero-order valence-electron chi connectivity index (χ0n) is 15.1. The first-order chi connectivity index (χ1) is 12.6.